The van der Waals surface area contributed by atoms with Gasteiger partial charge in [-0.05, 0) is 64.8 Å². The van der Waals surface area contributed by atoms with E-state index in [9.17, 15) is 27.9 Å². The largest absolute Gasteiger partial charge is 0.416 e. The Bertz CT molecular complexity index is 1740. The van der Waals surface area contributed by atoms with Gasteiger partial charge in [-0.15, -0.1) is 0 Å². The summed E-state index contributed by atoms with van der Waals surface area (Å²) >= 11 is 0. The predicted octanol–water partition coefficient (Wildman–Crippen LogP) is 5.67. The number of aliphatic hydroxyl groups excluding tert-OH is 1. The number of nitrogens with one attached hydrogen (secondary N) is 1. The van der Waals surface area contributed by atoms with Crippen molar-refractivity contribution in [2.24, 2.45) is 0 Å². The lowest BCUT2D eigenvalue weighted by Crippen LogP contribution is -2.42. The van der Waals surface area contributed by atoms with Gasteiger partial charge in [0.2, 0.25) is 0 Å². The molecular weight excluding hydrogens is 557 g/mol. The topological polar surface area (TPSA) is 99.2 Å². The predicted molar refractivity (Wildman–Crippen MR) is 154 cm³/mol. The zero-order valence-corrected chi connectivity index (χ0v) is 23.8. The Morgan fingerprint density at radius 2 is 1.77 bits per heavy atom. The van der Waals surface area contributed by atoms with Crippen LogP contribution in [-0.4, -0.2) is 37.4 Å². The van der Waals surface area contributed by atoms with E-state index in [0.717, 1.165) is 36.1 Å². The third kappa shape index (κ3) is 5.47. The van der Waals surface area contributed by atoms with E-state index in [4.69, 9.17) is 4.98 Å². The van der Waals surface area contributed by atoms with Crippen molar-refractivity contribution in [3.05, 3.63) is 117 Å². The lowest BCUT2D eigenvalue weighted by atomic mass is 9.92. The molecule has 1 aliphatic heterocycles. The van der Waals surface area contributed by atoms with Crippen molar-refractivity contribution in [2.45, 2.75) is 63.3 Å². The van der Waals surface area contributed by atoms with Crippen LogP contribution in [0.4, 0.5) is 13.2 Å². The molecule has 1 saturated carbocycles. The maximum absolute atomic E-state index is 13.3. The van der Waals surface area contributed by atoms with Crippen LogP contribution in [0.1, 0.15) is 78.0 Å². The summed E-state index contributed by atoms with van der Waals surface area (Å²) in [7, 11) is 0. The first-order chi connectivity index (χ1) is 20.5. The smallest absolute Gasteiger partial charge is 0.378 e. The molecule has 1 atom stereocenters. The van der Waals surface area contributed by atoms with Crippen molar-refractivity contribution >= 4 is 5.91 Å². The summed E-state index contributed by atoms with van der Waals surface area (Å²) < 4.78 is 38.9. The molecule has 2 aliphatic rings. The molecule has 222 valence electrons. The van der Waals surface area contributed by atoms with Crippen molar-refractivity contribution in [1.29, 1.82) is 0 Å². The van der Waals surface area contributed by atoms with Gasteiger partial charge in [-0.1, -0.05) is 50.2 Å². The normalized spacial score (nSPS) is 16.6. The summed E-state index contributed by atoms with van der Waals surface area (Å²) in [6, 6.07) is 13.4. The van der Waals surface area contributed by atoms with Crippen LogP contribution in [0.2, 0.25) is 0 Å². The third-order valence-corrected chi connectivity index (χ3v) is 8.54. The molecule has 2 aromatic heterocycles. The zero-order chi connectivity index (χ0) is 30.5. The van der Waals surface area contributed by atoms with E-state index in [1.165, 1.54) is 17.0 Å². The van der Waals surface area contributed by atoms with E-state index < -0.39 is 23.8 Å². The minimum Gasteiger partial charge on any atom is -0.378 e. The van der Waals surface area contributed by atoms with Crippen molar-refractivity contribution in [1.82, 2.24) is 19.9 Å². The molecule has 2 aromatic carbocycles. The molecule has 3 heterocycles. The van der Waals surface area contributed by atoms with Crippen LogP contribution in [0.25, 0.3) is 11.1 Å². The lowest BCUT2D eigenvalue weighted by molar-refractivity contribution is -0.141. The molecule has 0 saturated heterocycles. The first-order valence-corrected chi connectivity index (χ1v) is 14.3. The van der Waals surface area contributed by atoms with Crippen LogP contribution in [0.3, 0.4) is 0 Å². The summed E-state index contributed by atoms with van der Waals surface area (Å²) in [5.41, 5.74) is 3.20. The number of halogens is 3. The van der Waals surface area contributed by atoms with Crippen LogP contribution >= 0.6 is 0 Å². The number of benzene rings is 2. The molecule has 0 unspecified atom stereocenters. The molecule has 6 rings (SSSR count). The number of rotatable bonds is 6. The molecule has 1 aliphatic carbocycles. The van der Waals surface area contributed by atoms with E-state index in [0.29, 0.717) is 46.1 Å². The van der Waals surface area contributed by atoms with Gasteiger partial charge in [-0.2, -0.15) is 13.2 Å². The second-order valence-electron chi connectivity index (χ2n) is 11.7. The summed E-state index contributed by atoms with van der Waals surface area (Å²) in [4.78, 5) is 40.3. The molecule has 1 amide bonds. The van der Waals surface area contributed by atoms with E-state index in [-0.39, 0.29) is 24.1 Å². The first kappa shape index (κ1) is 28.8. The van der Waals surface area contributed by atoms with E-state index in [2.05, 4.69) is 29.9 Å². The number of nitrogens with zero attached hydrogens (tertiary/aromatic N) is 3. The highest BCUT2D eigenvalue weighted by Crippen LogP contribution is 2.52. The number of H-pyrrole nitrogens is 1. The van der Waals surface area contributed by atoms with Crippen LogP contribution in [0.5, 0.6) is 0 Å². The van der Waals surface area contributed by atoms with Crippen LogP contribution in [0.15, 0.2) is 71.8 Å². The fraction of sp³-hybridized carbons (Fsp3) is 0.333. The van der Waals surface area contributed by atoms with Gasteiger partial charge in [-0.25, -0.2) is 4.98 Å². The maximum Gasteiger partial charge on any atom is 0.416 e. The number of aromatic amines is 1. The van der Waals surface area contributed by atoms with E-state index in [1.54, 1.807) is 24.3 Å². The summed E-state index contributed by atoms with van der Waals surface area (Å²) in [6.07, 6.45) is -0.148. The molecule has 0 bridgehead atoms. The van der Waals surface area contributed by atoms with Gasteiger partial charge in [-0.3, -0.25) is 14.6 Å². The van der Waals surface area contributed by atoms with Gasteiger partial charge in [0.1, 0.15) is 5.82 Å². The summed E-state index contributed by atoms with van der Waals surface area (Å²) in [6.45, 7) is 4.53. The number of alkyl halides is 3. The van der Waals surface area contributed by atoms with Crippen molar-refractivity contribution < 1.29 is 23.1 Å². The molecule has 0 radical (unpaired) electrons. The Labute approximate surface area is 246 Å². The zero-order valence-electron chi connectivity index (χ0n) is 23.8. The number of hydrogen-bond donors (Lipinski definition) is 2. The Morgan fingerprint density at radius 3 is 2.44 bits per heavy atom. The number of carbonyl (C=O) groups excluding carboxylic acids is 1. The van der Waals surface area contributed by atoms with Crippen LogP contribution < -0.4 is 5.56 Å². The fourth-order valence-corrected chi connectivity index (χ4v) is 5.72. The highest BCUT2D eigenvalue weighted by Gasteiger charge is 2.49. The third-order valence-electron chi connectivity index (χ3n) is 8.54. The van der Waals surface area contributed by atoms with Crippen molar-refractivity contribution in [3.63, 3.8) is 0 Å². The summed E-state index contributed by atoms with van der Waals surface area (Å²) in [5.74, 6) is 0.387. The Kier molecular flexibility index (Phi) is 7.20. The molecule has 2 N–H and O–H groups in total. The molecule has 7 nitrogen and oxygen atoms in total. The molecule has 4 aromatic rings. The average molecular weight is 589 g/mol. The van der Waals surface area contributed by atoms with E-state index in [1.807, 2.05) is 12.4 Å². The minimum atomic E-state index is -4.44. The first-order valence-electron chi connectivity index (χ1n) is 14.3. The molecular formula is C33H31F3N4O3. The number of carbonyl (C=O) groups is 1. The minimum absolute atomic E-state index is 0.0177. The number of aromatic nitrogens is 3. The van der Waals surface area contributed by atoms with Gasteiger partial charge in [0.25, 0.3) is 11.5 Å². The van der Waals surface area contributed by atoms with Crippen molar-refractivity contribution in [2.75, 3.05) is 6.54 Å². The Morgan fingerprint density at radius 1 is 1.02 bits per heavy atom. The van der Waals surface area contributed by atoms with Gasteiger partial charge in [0, 0.05) is 25.4 Å². The molecule has 1 fully saturated rings. The van der Waals surface area contributed by atoms with Gasteiger partial charge < -0.3 is 15.0 Å². The maximum atomic E-state index is 13.3. The van der Waals surface area contributed by atoms with Gasteiger partial charge in [0.15, 0.2) is 6.10 Å². The highest BCUT2D eigenvalue weighted by molar-refractivity contribution is 5.83. The van der Waals surface area contributed by atoms with E-state index >= 15 is 0 Å². The van der Waals surface area contributed by atoms with Gasteiger partial charge in [0.05, 0.1) is 28.8 Å². The Balaban J connectivity index is 1.20. The second kappa shape index (κ2) is 10.8. The second-order valence-corrected chi connectivity index (χ2v) is 11.7. The van der Waals surface area contributed by atoms with Gasteiger partial charge >= 0.3 is 6.18 Å². The number of fused-ring (bicyclic) bond motifs is 1. The molecule has 0 spiro atoms. The quantitative estimate of drug-likeness (QED) is 0.302. The molecule has 10 heteroatoms. The average Bonchev–Trinajstić information content (AvgIpc) is 3.82. The van der Waals surface area contributed by atoms with Crippen LogP contribution in [-0.2, 0) is 29.4 Å². The number of amides is 1. The summed E-state index contributed by atoms with van der Waals surface area (Å²) in [5, 5.41) is 11.0. The monoisotopic (exact) mass is 588 g/mol. The number of aliphatic hydroxyl groups is 1. The Hall–Kier alpha value is -4.31. The number of pyridine rings is 1. The SMILES string of the molecule is CC(C)c1cncc(C2(c3nc4c(c(=O)[nH]3)CN(C(=O)[C@H](O)c3cccc(-c5ccc(C(F)(F)F)cc5)c3)CC4)CC2)c1. The number of hydrogen-bond acceptors (Lipinski definition) is 5. The lowest BCUT2D eigenvalue weighted by Gasteiger charge is -2.30. The highest BCUT2D eigenvalue weighted by atomic mass is 19.4. The standard InChI is InChI=1S/C33H31F3N4O3/c1-19(2)23-15-25(17-37-16-23)32(11-12-32)31-38-27-10-13-40(18-26(27)29(42)39-31)30(43)28(41)22-5-3-4-21(14-22)20-6-8-24(9-7-20)33(34,35)36/h3-9,14-17,19,28,41H,10-13,18H2,1-2H3,(H,38,39,42)/t28-/m1/s1. The van der Waals surface area contributed by atoms with Crippen LogP contribution in [0, 0.1) is 0 Å². The van der Waals surface area contributed by atoms with Crippen molar-refractivity contribution in [3.8, 4) is 11.1 Å². The fourth-order valence-electron chi connectivity index (χ4n) is 5.72. The molecule has 43 heavy (non-hydrogen) atoms.